The number of hydrogen-bond acceptors (Lipinski definition) is 4. The summed E-state index contributed by atoms with van der Waals surface area (Å²) in [4.78, 5) is 40.3. The average Bonchev–Trinajstić information content (AvgIpc) is 3.19. The van der Waals surface area contributed by atoms with Gasteiger partial charge in [-0.05, 0) is 17.7 Å². The summed E-state index contributed by atoms with van der Waals surface area (Å²) in [6.45, 7) is 2.82. The minimum absolute atomic E-state index is 0.144. The smallest absolute Gasteiger partial charge is 0.254 e. The number of hydrogen-bond donors (Lipinski definition) is 1. The molecule has 1 aliphatic rings. The summed E-state index contributed by atoms with van der Waals surface area (Å²) < 4.78 is 1.76. The molecule has 1 fully saturated rings. The summed E-state index contributed by atoms with van der Waals surface area (Å²) >= 11 is 0. The summed E-state index contributed by atoms with van der Waals surface area (Å²) in [5.74, 6) is -0.586. The van der Waals surface area contributed by atoms with Crippen LogP contribution >= 0.6 is 0 Å². The van der Waals surface area contributed by atoms with E-state index in [1.165, 1.54) is 18.9 Å². The number of nitrogens with zero attached hydrogens (tertiary/aromatic N) is 4. The van der Waals surface area contributed by atoms with Crippen molar-refractivity contribution >= 4 is 17.7 Å². The van der Waals surface area contributed by atoms with Crippen LogP contribution in [0.5, 0.6) is 0 Å². The second-order valence-electron chi connectivity index (χ2n) is 6.45. The van der Waals surface area contributed by atoms with Gasteiger partial charge >= 0.3 is 0 Å². The van der Waals surface area contributed by atoms with Gasteiger partial charge in [0, 0.05) is 45.0 Å². The van der Waals surface area contributed by atoms with Gasteiger partial charge in [-0.15, -0.1) is 0 Å². The molecule has 1 saturated heterocycles. The number of carbonyl (C=O) groups is 3. The zero-order valence-corrected chi connectivity index (χ0v) is 15.5. The van der Waals surface area contributed by atoms with Gasteiger partial charge in [-0.2, -0.15) is 5.10 Å². The number of aromatic nitrogens is 2. The van der Waals surface area contributed by atoms with E-state index in [4.69, 9.17) is 0 Å². The topological polar surface area (TPSA) is 87.5 Å². The molecule has 8 heteroatoms. The normalized spacial score (nSPS) is 16.9. The lowest BCUT2D eigenvalue weighted by atomic mass is 10.0. The van der Waals surface area contributed by atoms with E-state index in [2.05, 4.69) is 10.4 Å². The van der Waals surface area contributed by atoms with Crippen LogP contribution in [-0.4, -0.2) is 70.0 Å². The van der Waals surface area contributed by atoms with Gasteiger partial charge in [0.15, 0.2) is 0 Å². The Labute approximate surface area is 157 Å². The summed E-state index contributed by atoms with van der Waals surface area (Å²) in [6.07, 6.45) is 3.54. The number of rotatable bonds is 4. The third-order valence-corrected chi connectivity index (χ3v) is 4.76. The Morgan fingerprint density at radius 1 is 1.19 bits per heavy atom. The molecular weight excluding hydrogens is 346 g/mol. The third-order valence-electron chi connectivity index (χ3n) is 4.76. The zero-order chi connectivity index (χ0) is 19.4. The van der Waals surface area contributed by atoms with Gasteiger partial charge in [0.2, 0.25) is 11.8 Å². The van der Waals surface area contributed by atoms with Crippen molar-refractivity contribution in [1.29, 1.82) is 0 Å². The number of carbonyl (C=O) groups excluding carboxylic acids is 3. The van der Waals surface area contributed by atoms with Gasteiger partial charge < -0.3 is 15.1 Å². The second-order valence-corrected chi connectivity index (χ2v) is 6.45. The Balaban J connectivity index is 1.82. The SMILES string of the molecule is CNC(=O)C1CN(C(=O)c2ccccc2Cn2cccn2)CCN1C(C)=O. The van der Waals surface area contributed by atoms with E-state index in [0.29, 0.717) is 25.2 Å². The summed E-state index contributed by atoms with van der Waals surface area (Å²) in [5.41, 5.74) is 1.44. The van der Waals surface area contributed by atoms with Crippen molar-refractivity contribution in [3.05, 3.63) is 53.9 Å². The van der Waals surface area contributed by atoms with Crippen LogP contribution in [0.15, 0.2) is 42.7 Å². The molecule has 1 N–H and O–H groups in total. The maximum Gasteiger partial charge on any atom is 0.254 e. The number of benzene rings is 1. The molecule has 0 bridgehead atoms. The van der Waals surface area contributed by atoms with E-state index < -0.39 is 6.04 Å². The summed E-state index contributed by atoms with van der Waals surface area (Å²) in [5, 5.41) is 6.77. The van der Waals surface area contributed by atoms with Gasteiger partial charge in [-0.1, -0.05) is 18.2 Å². The molecule has 8 nitrogen and oxygen atoms in total. The predicted octanol–water partition coefficient (Wildman–Crippen LogP) is 0.350. The van der Waals surface area contributed by atoms with Crippen molar-refractivity contribution in [3.8, 4) is 0 Å². The highest BCUT2D eigenvalue weighted by Crippen LogP contribution is 2.17. The molecule has 0 saturated carbocycles. The highest BCUT2D eigenvalue weighted by molar-refractivity contribution is 5.97. The molecule has 2 heterocycles. The van der Waals surface area contributed by atoms with E-state index in [1.807, 2.05) is 30.5 Å². The van der Waals surface area contributed by atoms with Crippen molar-refractivity contribution < 1.29 is 14.4 Å². The minimum atomic E-state index is -0.677. The van der Waals surface area contributed by atoms with Gasteiger partial charge in [-0.3, -0.25) is 19.1 Å². The van der Waals surface area contributed by atoms with Gasteiger partial charge in [-0.25, -0.2) is 0 Å². The van der Waals surface area contributed by atoms with Crippen LogP contribution in [0.1, 0.15) is 22.8 Å². The molecule has 0 aliphatic carbocycles. The Bertz CT molecular complexity index is 834. The van der Waals surface area contributed by atoms with Crippen molar-refractivity contribution in [2.45, 2.75) is 19.5 Å². The largest absolute Gasteiger partial charge is 0.357 e. The van der Waals surface area contributed by atoms with E-state index in [9.17, 15) is 14.4 Å². The fourth-order valence-electron chi connectivity index (χ4n) is 3.34. The molecule has 3 amide bonds. The number of amides is 3. The quantitative estimate of drug-likeness (QED) is 0.842. The molecular formula is C19H23N5O3. The maximum atomic E-state index is 13.1. The fraction of sp³-hybridized carbons (Fsp3) is 0.368. The maximum absolute atomic E-state index is 13.1. The Morgan fingerprint density at radius 2 is 1.96 bits per heavy atom. The van der Waals surface area contributed by atoms with E-state index in [0.717, 1.165) is 5.56 Å². The molecule has 1 aromatic heterocycles. The van der Waals surface area contributed by atoms with Crippen LogP contribution in [0.2, 0.25) is 0 Å². The molecule has 3 rings (SSSR count). The van der Waals surface area contributed by atoms with Gasteiger partial charge in [0.05, 0.1) is 13.1 Å². The predicted molar refractivity (Wildman–Crippen MR) is 98.9 cm³/mol. The number of likely N-dealkylation sites (N-methyl/N-ethyl adjacent to an activating group) is 1. The zero-order valence-electron chi connectivity index (χ0n) is 15.5. The van der Waals surface area contributed by atoms with Crippen molar-refractivity contribution in [1.82, 2.24) is 24.9 Å². The Hall–Kier alpha value is -3.16. The second kappa shape index (κ2) is 8.03. The van der Waals surface area contributed by atoms with Gasteiger partial charge in [0.1, 0.15) is 6.04 Å². The lowest BCUT2D eigenvalue weighted by Gasteiger charge is -2.40. The molecule has 1 unspecified atom stereocenters. The van der Waals surface area contributed by atoms with Crippen LogP contribution in [0.4, 0.5) is 0 Å². The first-order valence-electron chi connectivity index (χ1n) is 8.84. The van der Waals surface area contributed by atoms with E-state index >= 15 is 0 Å². The molecule has 142 valence electrons. The highest BCUT2D eigenvalue weighted by Gasteiger charge is 2.35. The molecule has 1 aliphatic heterocycles. The Kier molecular flexibility index (Phi) is 5.54. The molecule has 1 aromatic carbocycles. The van der Waals surface area contributed by atoms with Crippen molar-refractivity contribution in [2.24, 2.45) is 0 Å². The van der Waals surface area contributed by atoms with Crippen LogP contribution in [-0.2, 0) is 16.1 Å². The van der Waals surface area contributed by atoms with E-state index in [-0.39, 0.29) is 24.3 Å². The summed E-state index contributed by atoms with van der Waals surface area (Å²) in [7, 11) is 1.53. The third kappa shape index (κ3) is 3.99. The first kappa shape index (κ1) is 18.6. The lowest BCUT2D eigenvalue weighted by molar-refractivity contribution is -0.141. The standard InChI is InChI=1S/C19H23N5O3/c1-14(25)24-11-10-22(13-17(24)18(26)20-2)19(27)16-7-4-3-6-15(16)12-23-9-5-8-21-23/h3-9,17H,10-13H2,1-2H3,(H,20,26). The number of piperazine rings is 1. The molecule has 27 heavy (non-hydrogen) atoms. The fourth-order valence-corrected chi connectivity index (χ4v) is 3.34. The van der Waals surface area contributed by atoms with Crippen LogP contribution in [0.3, 0.4) is 0 Å². The van der Waals surface area contributed by atoms with Crippen LogP contribution in [0.25, 0.3) is 0 Å². The van der Waals surface area contributed by atoms with Crippen LogP contribution < -0.4 is 5.32 Å². The van der Waals surface area contributed by atoms with Crippen molar-refractivity contribution in [3.63, 3.8) is 0 Å². The Morgan fingerprint density at radius 3 is 2.63 bits per heavy atom. The first-order chi connectivity index (χ1) is 13.0. The highest BCUT2D eigenvalue weighted by atomic mass is 16.2. The molecule has 0 spiro atoms. The average molecular weight is 369 g/mol. The number of nitrogens with one attached hydrogen (secondary N) is 1. The minimum Gasteiger partial charge on any atom is -0.357 e. The monoisotopic (exact) mass is 369 g/mol. The molecule has 0 radical (unpaired) electrons. The van der Waals surface area contributed by atoms with Crippen LogP contribution in [0, 0.1) is 0 Å². The molecule has 2 aromatic rings. The van der Waals surface area contributed by atoms with Gasteiger partial charge in [0.25, 0.3) is 5.91 Å². The van der Waals surface area contributed by atoms with Crippen molar-refractivity contribution in [2.75, 3.05) is 26.7 Å². The molecule has 1 atom stereocenters. The van der Waals surface area contributed by atoms with E-state index in [1.54, 1.807) is 21.8 Å². The first-order valence-corrected chi connectivity index (χ1v) is 8.84. The lowest BCUT2D eigenvalue weighted by Crippen LogP contribution is -2.60. The summed E-state index contributed by atoms with van der Waals surface area (Å²) in [6, 6.07) is 8.55.